The van der Waals surface area contributed by atoms with Crippen LogP contribution in [0.1, 0.15) is 5.56 Å². The van der Waals surface area contributed by atoms with Gasteiger partial charge < -0.3 is 10.1 Å². The van der Waals surface area contributed by atoms with Gasteiger partial charge in [-0.2, -0.15) is 4.68 Å². The summed E-state index contributed by atoms with van der Waals surface area (Å²) >= 11 is 1.31. The summed E-state index contributed by atoms with van der Waals surface area (Å²) in [6, 6.07) is 17.4. The van der Waals surface area contributed by atoms with Gasteiger partial charge in [0.2, 0.25) is 11.1 Å². The van der Waals surface area contributed by atoms with E-state index < -0.39 is 0 Å². The molecular formula is C18H19N5O2S. The van der Waals surface area contributed by atoms with Gasteiger partial charge >= 0.3 is 0 Å². The lowest BCUT2D eigenvalue weighted by molar-refractivity contribution is -0.118. The van der Waals surface area contributed by atoms with Gasteiger partial charge in [0, 0.05) is 6.54 Å². The molecular weight excluding hydrogens is 350 g/mol. The average Bonchev–Trinajstić information content (AvgIpc) is 3.16. The lowest BCUT2D eigenvalue weighted by Gasteiger charge is -2.06. The number of ether oxygens (including phenoxy) is 1. The van der Waals surface area contributed by atoms with Crippen molar-refractivity contribution in [3.8, 4) is 11.4 Å². The van der Waals surface area contributed by atoms with Crippen LogP contribution < -0.4 is 10.1 Å². The number of thioether (sulfide) groups is 1. The van der Waals surface area contributed by atoms with Gasteiger partial charge in [-0.05, 0) is 46.7 Å². The minimum absolute atomic E-state index is 0.0499. The van der Waals surface area contributed by atoms with E-state index >= 15 is 0 Å². The van der Waals surface area contributed by atoms with Crippen LogP contribution in [0.4, 0.5) is 0 Å². The van der Waals surface area contributed by atoms with Crippen molar-refractivity contribution in [1.82, 2.24) is 25.5 Å². The first-order valence-electron chi connectivity index (χ1n) is 8.12. The summed E-state index contributed by atoms with van der Waals surface area (Å²) in [4.78, 5) is 12.0. The summed E-state index contributed by atoms with van der Waals surface area (Å²) < 4.78 is 6.75. The summed E-state index contributed by atoms with van der Waals surface area (Å²) in [6.07, 6.45) is 0.766. The van der Waals surface area contributed by atoms with E-state index in [1.807, 2.05) is 54.6 Å². The first kappa shape index (κ1) is 17.9. The van der Waals surface area contributed by atoms with Crippen molar-refractivity contribution < 1.29 is 9.53 Å². The number of methoxy groups -OCH3 is 1. The molecule has 26 heavy (non-hydrogen) atoms. The predicted octanol–water partition coefficient (Wildman–Crippen LogP) is 2.12. The van der Waals surface area contributed by atoms with Gasteiger partial charge in [-0.1, -0.05) is 42.1 Å². The van der Waals surface area contributed by atoms with Gasteiger partial charge in [0.25, 0.3) is 0 Å². The van der Waals surface area contributed by atoms with Crippen LogP contribution in [0.2, 0.25) is 0 Å². The van der Waals surface area contributed by atoms with Crippen LogP contribution in [-0.2, 0) is 11.2 Å². The lowest BCUT2D eigenvalue weighted by atomic mass is 10.1. The van der Waals surface area contributed by atoms with Gasteiger partial charge in [0.1, 0.15) is 5.75 Å². The molecule has 2 aromatic carbocycles. The molecule has 0 aliphatic carbocycles. The average molecular weight is 369 g/mol. The fraction of sp³-hybridized carbons (Fsp3) is 0.222. The molecule has 3 aromatic rings. The minimum atomic E-state index is -0.0499. The van der Waals surface area contributed by atoms with E-state index in [0.29, 0.717) is 11.7 Å². The zero-order chi connectivity index (χ0) is 18.2. The Morgan fingerprint density at radius 2 is 1.92 bits per heavy atom. The maximum atomic E-state index is 12.0. The molecule has 0 radical (unpaired) electrons. The fourth-order valence-electron chi connectivity index (χ4n) is 2.32. The number of carbonyl (C=O) groups excluding carboxylic acids is 1. The molecule has 0 saturated carbocycles. The molecule has 7 nitrogen and oxygen atoms in total. The number of nitrogens with one attached hydrogen (secondary N) is 1. The number of amides is 1. The van der Waals surface area contributed by atoms with E-state index in [9.17, 15) is 4.79 Å². The quantitative estimate of drug-likeness (QED) is 0.613. The number of benzene rings is 2. The van der Waals surface area contributed by atoms with E-state index in [1.165, 1.54) is 11.8 Å². The zero-order valence-electron chi connectivity index (χ0n) is 14.3. The van der Waals surface area contributed by atoms with Crippen LogP contribution in [0.25, 0.3) is 5.69 Å². The van der Waals surface area contributed by atoms with Crippen molar-refractivity contribution in [1.29, 1.82) is 0 Å². The van der Waals surface area contributed by atoms with Crippen LogP contribution in [-0.4, -0.2) is 45.5 Å². The maximum absolute atomic E-state index is 12.0. The van der Waals surface area contributed by atoms with Gasteiger partial charge in [-0.3, -0.25) is 4.79 Å². The Morgan fingerprint density at radius 1 is 1.15 bits per heavy atom. The number of para-hydroxylation sites is 1. The molecule has 0 saturated heterocycles. The summed E-state index contributed by atoms with van der Waals surface area (Å²) in [5.74, 6) is 1.03. The fourth-order valence-corrected chi connectivity index (χ4v) is 3.04. The highest BCUT2D eigenvalue weighted by atomic mass is 32.2. The van der Waals surface area contributed by atoms with Crippen LogP contribution in [0.3, 0.4) is 0 Å². The standard InChI is InChI=1S/C18H19N5O2S/c1-25-16-9-7-14(8-10-16)11-12-19-17(24)13-26-18-20-21-22-23(18)15-5-3-2-4-6-15/h2-10H,11-13H2,1H3,(H,19,24). The summed E-state index contributed by atoms with van der Waals surface area (Å²) in [5, 5.41) is 15.1. The molecule has 1 N–H and O–H groups in total. The van der Waals surface area contributed by atoms with Gasteiger partial charge in [0.15, 0.2) is 0 Å². The summed E-state index contributed by atoms with van der Waals surface area (Å²) in [6.45, 7) is 0.579. The molecule has 1 aromatic heterocycles. The maximum Gasteiger partial charge on any atom is 0.230 e. The number of carbonyl (C=O) groups is 1. The Hall–Kier alpha value is -2.87. The number of hydrogen-bond acceptors (Lipinski definition) is 6. The van der Waals surface area contributed by atoms with Crippen molar-refractivity contribution in [3.63, 3.8) is 0 Å². The van der Waals surface area contributed by atoms with Gasteiger partial charge in [-0.25, -0.2) is 0 Å². The third kappa shape index (κ3) is 4.82. The zero-order valence-corrected chi connectivity index (χ0v) is 15.1. The normalized spacial score (nSPS) is 10.5. The molecule has 0 unspecified atom stereocenters. The highest BCUT2D eigenvalue weighted by Gasteiger charge is 2.11. The Kier molecular flexibility index (Phi) is 6.21. The van der Waals surface area contributed by atoms with E-state index in [4.69, 9.17) is 4.74 Å². The molecule has 134 valence electrons. The van der Waals surface area contributed by atoms with Crippen molar-refractivity contribution in [2.24, 2.45) is 0 Å². The van der Waals surface area contributed by atoms with Crippen LogP contribution in [0.15, 0.2) is 59.8 Å². The SMILES string of the molecule is COc1ccc(CCNC(=O)CSc2nnnn2-c2ccccc2)cc1. The van der Waals surface area contributed by atoms with E-state index in [-0.39, 0.29) is 11.7 Å². The molecule has 0 bridgehead atoms. The van der Waals surface area contributed by atoms with Crippen LogP contribution in [0.5, 0.6) is 5.75 Å². The second-order valence-corrected chi connectivity index (χ2v) is 6.39. The molecule has 3 rings (SSSR count). The molecule has 0 aliphatic heterocycles. The Labute approximate surface area is 155 Å². The molecule has 0 spiro atoms. The number of nitrogens with zero attached hydrogens (tertiary/aromatic N) is 4. The van der Waals surface area contributed by atoms with Crippen LogP contribution >= 0.6 is 11.8 Å². The molecule has 1 heterocycles. The third-order valence-electron chi connectivity index (χ3n) is 3.67. The summed E-state index contributed by atoms with van der Waals surface area (Å²) in [5.41, 5.74) is 2.01. The number of hydrogen-bond donors (Lipinski definition) is 1. The Morgan fingerprint density at radius 3 is 2.65 bits per heavy atom. The van der Waals surface area contributed by atoms with Crippen molar-refractivity contribution >= 4 is 17.7 Å². The molecule has 1 amide bonds. The second kappa shape index (κ2) is 9.00. The molecule has 0 aliphatic rings. The lowest BCUT2D eigenvalue weighted by Crippen LogP contribution is -2.27. The highest BCUT2D eigenvalue weighted by Crippen LogP contribution is 2.17. The van der Waals surface area contributed by atoms with E-state index in [1.54, 1.807) is 11.8 Å². The first-order valence-corrected chi connectivity index (χ1v) is 9.11. The monoisotopic (exact) mass is 369 g/mol. The molecule has 0 fully saturated rings. The van der Waals surface area contributed by atoms with Crippen LogP contribution in [0, 0.1) is 0 Å². The van der Waals surface area contributed by atoms with Crippen molar-refractivity contribution in [2.75, 3.05) is 19.4 Å². The minimum Gasteiger partial charge on any atom is -0.497 e. The largest absolute Gasteiger partial charge is 0.497 e. The smallest absolute Gasteiger partial charge is 0.230 e. The number of aromatic nitrogens is 4. The van der Waals surface area contributed by atoms with Gasteiger partial charge in [-0.15, -0.1) is 5.10 Å². The molecule has 8 heteroatoms. The highest BCUT2D eigenvalue weighted by molar-refractivity contribution is 7.99. The van der Waals surface area contributed by atoms with E-state index in [0.717, 1.165) is 23.4 Å². The third-order valence-corrected chi connectivity index (χ3v) is 4.59. The summed E-state index contributed by atoms with van der Waals surface area (Å²) in [7, 11) is 1.64. The molecule has 0 atom stereocenters. The van der Waals surface area contributed by atoms with Crippen molar-refractivity contribution in [3.05, 3.63) is 60.2 Å². The number of tetrazole rings is 1. The second-order valence-electron chi connectivity index (χ2n) is 5.45. The predicted molar refractivity (Wildman–Crippen MR) is 99.6 cm³/mol. The Bertz CT molecular complexity index is 836. The van der Waals surface area contributed by atoms with Gasteiger partial charge in [0.05, 0.1) is 18.6 Å². The van der Waals surface area contributed by atoms with E-state index in [2.05, 4.69) is 20.8 Å². The van der Waals surface area contributed by atoms with Crippen molar-refractivity contribution in [2.45, 2.75) is 11.6 Å². The Balaban J connectivity index is 1.45. The topological polar surface area (TPSA) is 81.9 Å². The first-order chi connectivity index (χ1) is 12.8. The number of rotatable bonds is 8.